The first kappa shape index (κ1) is 24.0. The van der Waals surface area contributed by atoms with Gasteiger partial charge in [-0.05, 0) is 51.3 Å². The second-order valence-electron chi connectivity index (χ2n) is 7.85. The third kappa shape index (κ3) is 7.21. The van der Waals surface area contributed by atoms with Gasteiger partial charge < -0.3 is 10.2 Å². The first-order valence-electron chi connectivity index (χ1n) is 10.7. The van der Waals surface area contributed by atoms with E-state index in [9.17, 15) is 9.59 Å². The lowest BCUT2D eigenvalue weighted by Crippen LogP contribution is -2.51. The number of rotatable bonds is 10. The van der Waals surface area contributed by atoms with Gasteiger partial charge in [0.15, 0.2) is 0 Å². The molecule has 2 amide bonds. The van der Waals surface area contributed by atoms with Crippen LogP contribution in [0.2, 0.25) is 0 Å². The van der Waals surface area contributed by atoms with E-state index in [1.807, 2.05) is 83.1 Å². The van der Waals surface area contributed by atoms with Crippen molar-refractivity contribution in [1.29, 1.82) is 0 Å². The van der Waals surface area contributed by atoms with Crippen LogP contribution in [-0.2, 0) is 16.1 Å². The van der Waals surface area contributed by atoms with Crippen molar-refractivity contribution in [2.75, 3.05) is 5.75 Å². The van der Waals surface area contributed by atoms with Gasteiger partial charge in [0.1, 0.15) is 6.04 Å². The molecule has 2 aromatic carbocycles. The third-order valence-corrected chi connectivity index (χ3v) is 6.24. The zero-order valence-corrected chi connectivity index (χ0v) is 19.6. The maximum absolute atomic E-state index is 13.2. The van der Waals surface area contributed by atoms with Crippen LogP contribution in [-0.4, -0.2) is 34.6 Å². The summed E-state index contributed by atoms with van der Waals surface area (Å²) < 4.78 is 0. The number of benzene rings is 2. The van der Waals surface area contributed by atoms with Crippen LogP contribution >= 0.6 is 11.8 Å². The van der Waals surface area contributed by atoms with Crippen LogP contribution < -0.4 is 5.32 Å². The summed E-state index contributed by atoms with van der Waals surface area (Å²) in [6.45, 7) is 10.5. The average molecular weight is 427 g/mol. The summed E-state index contributed by atoms with van der Waals surface area (Å²) in [6, 6.07) is 15.9. The molecule has 0 bridgehead atoms. The number of hydrogen-bond donors (Lipinski definition) is 1. The fraction of sp³-hybridized carbons (Fsp3) is 0.440. The largest absolute Gasteiger partial charge is 0.352 e. The van der Waals surface area contributed by atoms with Gasteiger partial charge in [0.25, 0.3) is 0 Å². The molecule has 0 aliphatic carbocycles. The highest BCUT2D eigenvalue weighted by Crippen LogP contribution is 2.21. The van der Waals surface area contributed by atoms with Crippen LogP contribution in [0.4, 0.5) is 0 Å². The summed E-state index contributed by atoms with van der Waals surface area (Å²) in [7, 11) is 0. The van der Waals surface area contributed by atoms with E-state index in [4.69, 9.17) is 0 Å². The van der Waals surface area contributed by atoms with Gasteiger partial charge in [0.05, 0.1) is 5.75 Å². The van der Waals surface area contributed by atoms with Crippen LogP contribution in [0.1, 0.15) is 50.3 Å². The Bertz CT molecular complexity index is 818. The van der Waals surface area contributed by atoms with Crippen LogP contribution in [0.5, 0.6) is 0 Å². The number of hydrogen-bond acceptors (Lipinski definition) is 3. The smallest absolute Gasteiger partial charge is 0.243 e. The molecule has 0 spiro atoms. The van der Waals surface area contributed by atoms with Gasteiger partial charge in [0.2, 0.25) is 11.8 Å². The molecule has 0 unspecified atom stereocenters. The van der Waals surface area contributed by atoms with Gasteiger partial charge in [-0.3, -0.25) is 9.59 Å². The highest BCUT2D eigenvalue weighted by molar-refractivity contribution is 8.00. The minimum Gasteiger partial charge on any atom is -0.352 e. The van der Waals surface area contributed by atoms with E-state index >= 15 is 0 Å². The van der Waals surface area contributed by atoms with Gasteiger partial charge in [-0.25, -0.2) is 0 Å². The molecule has 4 nitrogen and oxygen atoms in total. The van der Waals surface area contributed by atoms with Gasteiger partial charge in [0, 0.05) is 17.5 Å². The normalized spacial score (nSPS) is 12.8. The molecule has 0 heterocycles. The SMILES string of the molecule is CC[C@@H](C)NC(=O)[C@H](CC)N(Cc1ccc(C)cc1)C(=O)CSc1ccc(C)cc1. The molecule has 2 rings (SSSR count). The highest BCUT2D eigenvalue weighted by Gasteiger charge is 2.29. The number of nitrogens with one attached hydrogen (secondary N) is 1. The number of carbonyl (C=O) groups excluding carboxylic acids is 2. The Kier molecular flexibility index (Phi) is 9.44. The van der Waals surface area contributed by atoms with E-state index in [1.54, 1.807) is 4.90 Å². The number of aryl methyl sites for hydroxylation is 2. The molecule has 0 radical (unpaired) electrons. The minimum atomic E-state index is -0.480. The van der Waals surface area contributed by atoms with E-state index in [2.05, 4.69) is 5.32 Å². The summed E-state index contributed by atoms with van der Waals surface area (Å²) >= 11 is 1.51. The Morgan fingerprint density at radius 3 is 2.03 bits per heavy atom. The fourth-order valence-electron chi connectivity index (χ4n) is 3.11. The van der Waals surface area contributed by atoms with Crippen molar-refractivity contribution in [3.63, 3.8) is 0 Å². The maximum atomic E-state index is 13.2. The second-order valence-corrected chi connectivity index (χ2v) is 8.90. The first-order valence-corrected chi connectivity index (χ1v) is 11.7. The van der Waals surface area contributed by atoms with E-state index in [1.165, 1.54) is 22.9 Å². The molecule has 0 aromatic heterocycles. The summed E-state index contributed by atoms with van der Waals surface area (Å²) in [4.78, 5) is 29.0. The number of nitrogens with zero attached hydrogens (tertiary/aromatic N) is 1. The molecule has 0 saturated heterocycles. The molecule has 0 aliphatic heterocycles. The lowest BCUT2D eigenvalue weighted by Gasteiger charge is -2.31. The lowest BCUT2D eigenvalue weighted by molar-refractivity contribution is -0.139. The van der Waals surface area contributed by atoms with Gasteiger partial charge in [-0.1, -0.05) is 61.4 Å². The Balaban J connectivity index is 2.19. The van der Waals surface area contributed by atoms with E-state index < -0.39 is 6.04 Å². The summed E-state index contributed by atoms with van der Waals surface area (Å²) in [5.41, 5.74) is 3.40. The number of thioether (sulfide) groups is 1. The summed E-state index contributed by atoms with van der Waals surface area (Å²) in [5, 5.41) is 3.05. The van der Waals surface area contributed by atoms with E-state index in [-0.39, 0.29) is 17.9 Å². The maximum Gasteiger partial charge on any atom is 0.243 e. The van der Waals surface area contributed by atoms with Crippen molar-refractivity contribution >= 4 is 23.6 Å². The Morgan fingerprint density at radius 2 is 1.50 bits per heavy atom. The second kappa shape index (κ2) is 11.8. The molecule has 5 heteroatoms. The van der Waals surface area contributed by atoms with Crippen LogP contribution in [0, 0.1) is 13.8 Å². The monoisotopic (exact) mass is 426 g/mol. The van der Waals surface area contributed by atoms with Crippen molar-refractivity contribution in [2.45, 2.75) is 71.0 Å². The van der Waals surface area contributed by atoms with E-state index in [0.29, 0.717) is 18.7 Å². The molecule has 2 atom stereocenters. The molecule has 30 heavy (non-hydrogen) atoms. The van der Waals surface area contributed by atoms with Crippen LogP contribution in [0.3, 0.4) is 0 Å². The van der Waals surface area contributed by atoms with Crippen LogP contribution in [0.15, 0.2) is 53.4 Å². The predicted octanol–water partition coefficient (Wildman–Crippen LogP) is 5.12. The standard InChI is InChI=1S/C25H34N2O2S/c1-6-20(5)26-25(29)23(7-2)27(16-21-12-8-18(3)9-13-21)24(28)17-30-22-14-10-19(4)11-15-22/h8-15,20,23H,6-7,16-17H2,1-5H3,(H,26,29)/t20-,23+/m1/s1. The van der Waals surface area contributed by atoms with Crippen molar-refractivity contribution in [1.82, 2.24) is 10.2 Å². The fourth-order valence-corrected chi connectivity index (χ4v) is 3.90. The molecule has 1 N–H and O–H groups in total. The predicted molar refractivity (Wildman–Crippen MR) is 126 cm³/mol. The third-order valence-electron chi connectivity index (χ3n) is 5.24. The molecular formula is C25H34N2O2S. The van der Waals surface area contributed by atoms with E-state index in [0.717, 1.165) is 16.9 Å². The Hall–Kier alpha value is -2.27. The number of carbonyl (C=O) groups is 2. The average Bonchev–Trinajstić information content (AvgIpc) is 2.74. The van der Waals surface area contributed by atoms with Crippen molar-refractivity contribution in [3.05, 3.63) is 65.2 Å². The Morgan fingerprint density at radius 1 is 0.933 bits per heavy atom. The summed E-state index contributed by atoms with van der Waals surface area (Å²) in [5.74, 6) is 0.210. The van der Waals surface area contributed by atoms with Crippen molar-refractivity contribution in [2.24, 2.45) is 0 Å². The van der Waals surface area contributed by atoms with Gasteiger partial charge in [-0.15, -0.1) is 11.8 Å². The van der Waals surface area contributed by atoms with Gasteiger partial charge in [-0.2, -0.15) is 0 Å². The van der Waals surface area contributed by atoms with Crippen molar-refractivity contribution < 1.29 is 9.59 Å². The first-order chi connectivity index (χ1) is 14.3. The minimum absolute atomic E-state index is 0.0210. The topological polar surface area (TPSA) is 49.4 Å². The van der Waals surface area contributed by atoms with Crippen molar-refractivity contribution in [3.8, 4) is 0 Å². The zero-order chi connectivity index (χ0) is 22.1. The zero-order valence-electron chi connectivity index (χ0n) is 18.8. The molecule has 2 aromatic rings. The lowest BCUT2D eigenvalue weighted by atomic mass is 10.1. The molecule has 0 saturated carbocycles. The summed E-state index contributed by atoms with van der Waals surface area (Å²) in [6.07, 6.45) is 1.44. The highest BCUT2D eigenvalue weighted by atomic mass is 32.2. The molecule has 0 aliphatic rings. The van der Waals surface area contributed by atoms with Gasteiger partial charge >= 0.3 is 0 Å². The molecular weight excluding hydrogens is 392 g/mol. The number of amides is 2. The van der Waals surface area contributed by atoms with Crippen LogP contribution in [0.25, 0.3) is 0 Å². The Labute approximate surface area is 185 Å². The quantitative estimate of drug-likeness (QED) is 0.537. The molecule has 0 fully saturated rings. The molecule has 162 valence electrons.